The zero-order valence-corrected chi connectivity index (χ0v) is 15.0. The van der Waals surface area contributed by atoms with Crippen LogP contribution in [0.4, 0.5) is 10.1 Å². The molecule has 2 aromatic carbocycles. The number of hydrogen-bond donors (Lipinski definition) is 2. The third kappa shape index (κ3) is 2.97. The number of methoxy groups -OCH3 is 1. The first-order chi connectivity index (χ1) is 13.0. The Kier molecular flexibility index (Phi) is 4.19. The van der Waals surface area contributed by atoms with E-state index in [0.717, 1.165) is 29.7 Å². The first kappa shape index (κ1) is 17.3. The van der Waals surface area contributed by atoms with E-state index in [1.165, 1.54) is 12.1 Å². The monoisotopic (exact) mass is 370 g/mol. The normalized spacial score (nSPS) is 14.2. The number of aromatic amines is 1. The summed E-state index contributed by atoms with van der Waals surface area (Å²) in [6, 6.07) is 6.21. The second-order valence-corrected chi connectivity index (χ2v) is 6.62. The summed E-state index contributed by atoms with van der Waals surface area (Å²) in [6.45, 7) is 1.50. The van der Waals surface area contributed by atoms with Gasteiger partial charge in [-0.25, -0.2) is 9.18 Å². The largest absolute Gasteiger partial charge is 0.496 e. The van der Waals surface area contributed by atoms with Crippen LogP contribution in [0.25, 0.3) is 22.5 Å². The predicted molar refractivity (Wildman–Crippen MR) is 99.0 cm³/mol. The maximum atomic E-state index is 14.0. The van der Waals surface area contributed by atoms with Crippen molar-refractivity contribution in [1.82, 2.24) is 15.0 Å². The zero-order chi connectivity index (χ0) is 19.1. The van der Waals surface area contributed by atoms with Gasteiger partial charge in [0.2, 0.25) is 0 Å². The Labute approximate surface area is 154 Å². The van der Waals surface area contributed by atoms with Gasteiger partial charge in [-0.15, -0.1) is 0 Å². The lowest BCUT2D eigenvalue weighted by Crippen LogP contribution is -2.28. The van der Waals surface area contributed by atoms with Crippen molar-refractivity contribution in [2.45, 2.75) is 13.0 Å². The van der Waals surface area contributed by atoms with Crippen molar-refractivity contribution < 1.29 is 13.7 Å². The molecule has 3 N–H and O–H groups in total. The Morgan fingerprint density at radius 3 is 2.78 bits per heavy atom. The highest BCUT2D eigenvalue weighted by Gasteiger charge is 2.25. The van der Waals surface area contributed by atoms with Crippen LogP contribution in [0.3, 0.4) is 0 Å². The number of ether oxygens (including phenoxy) is 1. The van der Waals surface area contributed by atoms with Gasteiger partial charge in [-0.3, -0.25) is 9.51 Å². The summed E-state index contributed by atoms with van der Waals surface area (Å²) in [6.07, 6.45) is 0.765. The van der Waals surface area contributed by atoms with Crippen LogP contribution in [-0.2, 0) is 13.0 Å². The van der Waals surface area contributed by atoms with Crippen LogP contribution >= 0.6 is 0 Å². The number of rotatable bonds is 3. The summed E-state index contributed by atoms with van der Waals surface area (Å²) in [5.74, 6) is -0.225. The molecular weight excluding hydrogens is 351 g/mol. The minimum absolute atomic E-state index is 0.241. The number of aromatic nitrogens is 2. The Bertz CT molecular complexity index is 1070. The first-order valence-corrected chi connectivity index (χ1v) is 8.51. The van der Waals surface area contributed by atoms with Crippen molar-refractivity contribution in [3.05, 3.63) is 51.8 Å². The third-order valence-corrected chi connectivity index (χ3v) is 4.91. The molecule has 7 nitrogen and oxygen atoms in total. The molecule has 0 aliphatic carbocycles. The van der Waals surface area contributed by atoms with Crippen molar-refractivity contribution in [3.8, 4) is 28.3 Å². The zero-order valence-electron chi connectivity index (χ0n) is 15.0. The second kappa shape index (κ2) is 6.55. The fourth-order valence-electron chi connectivity index (χ4n) is 3.59. The molecule has 4 rings (SSSR count). The third-order valence-electron chi connectivity index (χ3n) is 4.91. The van der Waals surface area contributed by atoms with Crippen LogP contribution in [-0.4, -0.2) is 35.7 Å². The van der Waals surface area contributed by atoms with Crippen molar-refractivity contribution >= 4 is 5.69 Å². The molecule has 8 heteroatoms. The molecule has 0 saturated carbocycles. The molecule has 0 amide bonds. The number of nitrogens with one attached hydrogen (secondary N) is 1. The SMILES string of the molecule is COc1ccc(F)cc1-c1cc(-c2noc(=O)[nH]2)c(N)c2c1CCN(C)C2. The molecule has 1 aromatic heterocycles. The van der Waals surface area contributed by atoms with Crippen LogP contribution in [0.1, 0.15) is 11.1 Å². The highest BCUT2D eigenvalue weighted by Crippen LogP contribution is 2.42. The van der Waals surface area contributed by atoms with Gasteiger partial charge in [0.25, 0.3) is 0 Å². The Hall–Kier alpha value is -3.13. The van der Waals surface area contributed by atoms with Gasteiger partial charge in [-0.05, 0) is 54.4 Å². The van der Waals surface area contributed by atoms with Gasteiger partial charge < -0.3 is 15.4 Å². The van der Waals surface area contributed by atoms with E-state index < -0.39 is 5.76 Å². The van der Waals surface area contributed by atoms with E-state index in [4.69, 9.17) is 10.5 Å². The molecule has 0 saturated heterocycles. The topological polar surface area (TPSA) is 97.4 Å². The molecule has 140 valence electrons. The number of nitrogen functional groups attached to an aromatic ring is 1. The van der Waals surface area contributed by atoms with Gasteiger partial charge in [-0.1, -0.05) is 5.16 Å². The second-order valence-electron chi connectivity index (χ2n) is 6.62. The molecule has 2 heterocycles. The van der Waals surface area contributed by atoms with E-state index in [1.807, 2.05) is 13.1 Å². The molecule has 0 radical (unpaired) electrons. The number of fused-ring (bicyclic) bond motifs is 1. The number of anilines is 1. The van der Waals surface area contributed by atoms with E-state index >= 15 is 0 Å². The molecule has 27 heavy (non-hydrogen) atoms. The Morgan fingerprint density at radius 2 is 2.07 bits per heavy atom. The molecule has 1 aliphatic heterocycles. The molecule has 0 bridgehead atoms. The summed E-state index contributed by atoms with van der Waals surface area (Å²) in [7, 11) is 3.56. The highest BCUT2D eigenvalue weighted by molar-refractivity contribution is 5.86. The molecule has 0 spiro atoms. The van der Waals surface area contributed by atoms with Gasteiger partial charge >= 0.3 is 5.76 Å². The summed E-state index contributed by atoms with van der Waals surface area (Å²) in [5.41, 5.74) is 10.9. The lowest BCUT2D eigenvalue weighted by atomic mass is 9.86. The minimum Gasteiger partial charge on any atom is -0.496 e. The number of hydrogen-bond acceptors (Lipinski definition) is 6. The average Bonchev–Trinajstić information content (AvgIpc) is 3.08. The molecule has 0 fully saturated rings. The van der Waals surface area contributed by atoms with Crippen molar-refractivity contribution in [1.29, 1.82) is 0 Å². The lowest BCUT2D eigenvalue weighted by molar-refractivity contribution is 0.314. The van der Waals surface area contributed by atoms with Crippen LogP contribution in [0.15, 0.2) is 33.6 Å². The predicted octanol–water partition coefficient (Wildman–Crippen LogP) is 2.41. The van der Waals surface area contributed by atoms with Gasteiger partial charge in [0.05, 0.1) is 7.11 Å². The maximum Gasteiger partial charge on any atom is 0.439 e. The van der Waals surface area contributed by atoms with E-state index in [9.17, 15) is 9.18 Å². The highest BCUT2D eigenvalue weighted by atomic mass is 19.1. The Balaban J connectivity index is 2.03. The van der Waals surface area contributed by atoms with E-state index in [1.54, 1.807) is 13.2 Å². The number of likely N-dealkylation sites (N-methyl/N-ethyl adjacent to an activating group) is 1. The minimum atomic E-state index is -0.663. The number of H-pyrrole nitrogens is 1. The fraction of sp³-hybridized carbons (Fsp3) is 0.263. The van der Waals surface area contributed by atoms with Gasteiger partial charge in [0.1, 0.15) is 11.6 Å². The molecular formula is C19H19FN4O3. The standard InChI is InChI=1S/C19H19FN4O3/c1-24-6-5-11-12(13-7-10(20)3-4-16(13)26-2)8-14(17(21)15(11)9-24)18-22-19(25)27-23-18/h3-4,7-8H,5-6,9,21H2,1-2H3,(H,22,23,25). The number of nitrogens with zero attached hydrogens (tertiary/aromatic N) is 2. The summed E-state index contributed by atoms with van der Waals surface area (Å²) >= 11 is 0. The van der Waals surface area contributed by atoms with Crippen LogP contribution in [0, 0.1) is 5.82 Å². The fourth-order valence-corrected chi connectivity index (χ4v) is 3.59. The lowest BCUT2D eigenvalue weighted by Gasteiger charge is -2.29. The van der Waals surface area contributed by atoms with Crippen molar-refractivity contribution in [3.63, 3.8) is 0 Å². The summed E-state index contributed by atoms with van der Waals surface area (Å²) < 4.78 is 24.1. The first-order valence-electron chi connectivity index (χ1n) is 8.51. The van der Waals surface area contributed by atoms with Gasteiger partial charge in [-0.2, -0.15) is 0 Å². The van der Waals surface area contributed by atoms with Crippen LogP contribution in [0.5, 0.6) is 5.75 Å². The number of nitrogens with two attached hydrogens (primary N) is 1. The van der Waals surface area contributed by atoms with Gasteiger partial charge in [0, 0.05) is 29.9 Å². The summed E-state index contributed by atoms with van der Waals surface area (Å²) in [4.78, 5) is 16.1. The molecule has 1 aliphatic rings. The molecule has 0 unspecified atom stereocenters. The maximum absolute atomic E-state index is 14.0. The van der Waals surface area contributed by atoms with Crippen LogP contribution in [0.2, 0.25) is 0 Å². The summed E-state index contributed by atoms with van der Waals surface area (Å²) in [5, 5.41) is 3.77. The molecule has 0 atom stereocenters. The number of halogens is 1. The number of benzene rings is 2. The van der Waals surface area contributed by atoms with Gasteiger partial charge in [0.15, 0.2) is 5.82 Å². The average molecular weight is 370 g/mol. The van der Waals surface area contributed by atoms with E-state index in [-0.39, 0.29) is 11.6 Å². The quantitative estimate of drug-likeness (QED) is 0.687. The van der Waals surface area contributed by atoms with Crippen molar-refractivity contribution in [2.24, 2.45) is 0 Å². The smallest absolute Gasteiger partial charge is 0.439 e. The molecule has 3 aromatic rings. The Morgan fingerprint density at radius 1 is 1.26 bits per heavy atom. The van der Waals surface area contributed by atoms with E-state index in [0.29, 0.717) is 29.1 Å². The van der Waals surface area contributed by atoms with Crippen molar-refractivity contribution in [2.75, 3.05) is 26.4 Å². The van der Waals surface area contributed by atoms with E-state index in [2.05, 4.69) is 19.6 Å². The van der Waals surface area contributed by atoms with Crippen LogP contribution < -0.4 is 16.2 Å².